The minimum atomic E-state index is -2.13. The molecule has 0 aliphatic heterocycles. The third-order valence-electron chi connectivity index (χ3n) is 6.50. The third kappa shape index (κ3) is 7.21. The fourth-order valence-electron chi connectivity index (χ4n) is 5.08. The second-order valence-corrected chi connectivity index (χ2v) is 17.7. The maximum atomic E-state index is 13.3. The molecule has 34 heavy (non-hydrogen) atoms. The van der Waals surface area contributed by atoms with Crippen LogP contribution in [0.5, 0.6) is 0 Å². The zero-order chi connectivity index (χ0) is 25.3. The summed E-state index contributed by atoms with van der Waals surface area (Å²) in [5, 5.41) is 0. The van der Waals surface area contributed by atoms with E-state index in [4.69, 9.17) is 9.16 Å². The Hall–Kier alpha value is -1.59. The number of rotatable bonds is 12. The molecule has 0 N–H and O–H groups in total. The Kier molecular flexibility index (Phi) is 11.4. The standard InChI is InChI=1S/C28H43NO3SeSi/c1-9-31-28(30)29(20-25-16-12-10-13-17-25)27(33-26-18-14-11-15-19-26)24(8)32-34(21(2)3,22(4)5)23(6)7/h10-19,21-24,27H,9,20H2,1-8H3/t24-,27?/m0/s1. The first-order valence-electron chi connectivity index (χ1n) is 12.5. The van der Waals surface area contributed by atoms with Gasteiger partial charge in [-0.15, -0.1) is 0 Å². The number of nitrogens with zero attached hydrogens (tertiary/aromatic N) is 1. The third-order valence-corrected chi connectivity index (χ3v) is 15.7. The first kappa shape index (κ1) is 28.6. The van der Waals surface area contributed by atoms with Gasteiger partial charge in [0.1, 0.15) is 0 Å². The summed E-state index contributed by atoms with van der Waals surface area (Å²) >= 11 is -0.00665. The fraction of sp³-hybridized carbons (Fsp3) is 0.536. The van der Waals surface area contributed by atoms with E-state index in [2.05, 4.69) is 84.9 Å². The summed E-state index contributed by atoms with van der Waals surface area (Å²) in [5.74, 6) is 0. The summed E-state index contributed by atoms with van der Waals surface area (Å²) in [5.41, 5.74) is 2.52. The molecule has 2 aromatic rings. The van der Waals surface area contributed by atoms with Crippen LogP contribution in [-0.4, -0.2) is 51.9 Å². The number of hydrogen-bond donors (Lipinski definition) is 0. The van der Waals surface area contributed by atoms with Crippen molar-refractivity contribution >= 4 is 33.8 Å². The van der Waals surface area contributed by atoms with Crippen LogP contribution in [0.25, 0.3) is 0 Å². The Morgan fingerprint density at radius 2 is 1.35 bits per heavy atom. The molecule has 0 saturated heterocycles. The molecule has 4 nitrogen and oxygen atoms in total. The van der Waals surface area contributed by atoms with E-state index >= 15 is 0 Å². The van der Waals surface area contributed by atoms with Gasteiger partial charge in [0.15, 0.2) is 0 Å². The summed E-state index contributed by atoms with van der Waals surface area (Å²) in [6.45, 7) is 18.7. The molecule has 0 aromatic heterocycles. The summed E-state index contributed by atoms with van der Waals surface area (Å²) in [6.07, 6.45) is -0.372. The molecule has 0 bridgehead atoms. The van der Waals surface area contributed by atoms with Gasteiger partial charge in [0.25, 0.3) is 0 Å². The molecule has 0 aliphatic rings. The van der Waals surface area contributed by atoms with Crippen LogP contribution < -0.4 is 4.46 Å². The number of carbonyl (C=O) groups is 1. The van der Waals surface area contributed by atoms with Crippen molar-refractivity contribution in [2.24, 2.45) is 0 Å². The average molecular weight is 549 g/mol. The van der Waals surface area contributed by atoms with Crippen LogP contribution in [0.3, 0.4) is 0 Å². The molecular weight excluding hydrogens is 505 g/mol. The van der Waals surface area contributed by atoms with Crippen molar-refractivity contribution in [2.75, 3.05) is 6.61 Å². The van der Waals surface area contributed by atoms with E-state index < -0.39 is 8.32 Å². The van der Waals surface area contributed by atoms with Gasteiger partial charge in [-0.3, -0.25) is 0 Å². The van der Waals surface area contributed by atoms with Crippen molar-refractivity contribution < 1.29 is 14.0 Å². The van der Waals surface area contributed by atoms with Crippen LogP contribution in [0.4, 0.5) is 4.79 Å². The molecule has 0 heterocycles. The van der Waals surface area contributed by atoms with E-state index in [1.54, 1.807) is 0 Å². The summed E-state index contributed by atoms with van der Waals surface area (Å²) in [6, 6.07) is 20.7. The summed E-state index contributed by atoms with van der Waals surface area (Å²) in [7, 11) is -2.13. The summed E-state index contributed by atoms with van der Waals surface area (Å²) < 4.78 is 14.0. The van der Waals surface area contributed by atoms with Gasteiger partial charge in [-0.1, -0.05) is 0 Å². The number of benzene rings is 2. The van der Waals surface area contributed by atoms with E-state index in [0.717, 1.165) is 5.56 Å². The Morgan fingerprint density at radius 3 is 1.82 bits per heavy atom. The average Bonchev–Trinajstić information content (AvgIpc) is 2.80. The van der Waals surface area contributed by atoms with Crippen LogP contribution in [0.2, 0.25) is 16.6 Å². The van der Waals surface area contributed by atoms with Gasteiger partial charge in [0.2, 0.25) is 0 Å². The SMILES string of the molecule is CCOC(=O)N(Cc1ccccc1)C([Se]c1ccccc1)[C@H](C)O[Si](C(C)C)(C(C)C)C(C)C. The number of amides is 1. The van der Waals surface area contributed by atoms with Crippen LogP contribution in [0.1, 0.15) is 61.0 Å². The fourth-order valence-corrected chi connectivity index (χ4v) is 13.3. The molecular formula is C28H43NO3SeSi. The molecule has 188 valence electrons. The molecule has 1 unspecified atom stereocenters. The van der Waals surface area contributed by atoms with E-state index in [1.807, 2.05) is 36.1 Å². The number of carbonyl (C=O) groups excluding carboxylic acids is 1. The zero-order valence-corrected chi connectivity index (χ0v) is 24.9. The van der Waals surface area contributed by atoms with Crippen LogP contribution in [0, 0.1) is 0 Å². The van der Waals surface area contributed by atoms with E-state index in [9.17, 15) is 4.79 Å². The van der Waals surface area contributed by atoms with Crippen molar-refractivity contribution in [3.63, 3.8) is 0 Å². The second kappa shape index (κ2) is 13.5. The maximum absolute atomic E-state index is 13.3. The predicted octanol–water partition coefficient (Wildman–Crippen LogP) is 6.58. The van der Waals surface area contributed by atoms with Crippen LogP contribution in [0.15, 0.2) is 60.7 Å². The Labute approximate surface area is 214 Å². The minimum absolute atomic E-state index is 0.00665. The van der Waals surface area contributed by atoms with Crippen molar-refractivity contribution in [3.8, 4) is 0 Å². The molecule has 0 fully saturated rings. The number of ether oxygens (including phenoxy) is 1. The van der Waals surface area contributed by atoms with Gasteiger partial charge in [0, 0.05) is 0 Å². The zero-order valence-electron chi connectivity index (χ0n) is 22.2. The van der Waals surface area contributed by atoms with E-state index in [1.165, 1.54) is 4.46 Å². The summed E-state index contributed by atoms with van der Waals surface area (Å²) in [4.78, 5) is 15.1. The van der Waals surface area contributed by atoms with Crippen molar-refractivity contribution in [1.82, 2.24) is 4.90 Å². The predicted molar refractivity (Wildman–Crippen MR) is 146 cm³/mol. The molecule has 6 heteroatoms. The van der Waals surface area contributed by atoms with Crippen molar-refractivity contribution in [2.45, 2.75) is 89.6 Å². The molecule has 0 saturated carbocycles. The quantitative estimate of drug-likeness (QED) is 0.281. The molecule has 2 rings (SSSR count). The molecule has 2 aromatic carbocycles. The van der Waals surface area contributed by atoms with Gasteiger partial charge in [-0.2, -0.15) is 0 Å². The molecule has 0 radical (unpaired) electrons. The topological polar surface area (TPSA) is 38.8 Å². The van der Waals surface area contributed by atoms with E-state index in [0.29, 0.717) is 29.8 Å². The number of hydrogen-bond acceptors (Lipinski definition) is 3. The molecule has 2 atom stereocenters. The second-order valence-electron chi connectivity index (χ2n) is 9.77. The molecule has 0 aliphatic carbocycles. The van der Waals surface area contributed by atoms with Crippen molar-refractivity contribution in [1.29, 1.82) is 0 Å². The first-order chi connectivity index (χ1) is 16.1. The van der Waals surface area contributed by atoms with Crippen LogP contribution >= 0.6 is 0 Å². The van der Waals surface area contributed by atoms with Gasteiger partial charge in [0.05, 0.1) is 0 Å². The normalized spacial score (nSPS) is 13.9. The van der Waals surface area contributed by atoms with Gasteiger partial charge in [-0.05, 0) is 0 Å². The van der Waals surface area contributed by atoms with Gasteiger partial charge in [-0.25, -0.2) is 0 Å². The first-order valence-corrected chi connectivity index (χ1v) is 16.5. The Bertz CT molecular complexity index is 839. The Balaban J connectivity index is 2.51. The van der Waals surface area contributed by atoms with Crippen LogP contribution in [-0.2, 0) is 15.7 Å². The van der Waals surface area contributed by atoms with Crippen molar-refractivity contribution in [3.05, 3.63) is 66.2 Å². The monoisotopic (exact) mass is 549 g/mol. The molecule has 1 amide bonds. The van der Waals surface area contributed by atoms with E-state index in [-0.39, 0.29) is 32.1 Å². The molecule has 0 spiro atoms. The van der Waals surface area contributed by atoms with Gasteiger partial charge < -0.3 is 0 Å². The Morgan fingerprint density at radius 1 is 0.853 bits per heavy atom. The van der Waals surface area contributed by atoms with Gasteiger partial charge >= 0.3 is 215 Å².